The number of carboxylic acids is 1. The minimum Gasteiger partial charge on any atom is -0.482 e. The lowest BCUT2D eigenvalue weighted by Crippen LogP contribution is -2.20. The topological polar surface area (TPSA) is 75.6 Å². The van der Waals surface area contributed by atoms with Crippen LogP contribution in [-0.2, 0) is 4.79 Å². The summed E-state index contributed by atoms with van der Waals surface area (Å²) in [6.07, 6.45) is 0. The average Bonchev–Trinajstić information content (AvgIpc) is 2.47. The van der Waals surface area contributed by atoms with Gasteiger partial charge in [0, 0.05) is 5.69 Å². The molecule has 0 atom stereocenters. The lowest BCUT2D eigenvalue weighted by molar-refractivity contribution is -0.118. The monoisotopic (exact) mass is 367 g/mol. The van der Waals surface area contributed by atoms with Gasteiger partial charge in [0.1, 0.15) is 5.75 Å². The largest absolute Gasteiger partial charge is 0.482 e. The fourth-order valence-electron chi connectivity index (χ4n) is 2.19. The summed E-state index contributed by atoms with van der Waals surface area (Å²) in [6.45, 7) is 3.50. The number of nitrogens with one attached hydrogen (secondary N) is 1. The van der Waals surface area contributed by atoms with E-state index in [1.165, 1.54) is 18.2 Å². The van der Waals surface area contributed by atoms with Gasteiger partial charge < -0.3 is 15.2 Å². The van der Waals surface area contributed by atoms with Crippen LogP contribution in [0, 0.1) is 13.8 Å². The molecule has 7 heteroatoms. The predicted molar refractivity (Wildman–Crippen MR) is 93.5 cm³/mol. The lowest BCUT2D eigenvalue weighted by atomic mass is 10.1. The van der Waals surface area contributed by atoms with Crippen molar-refractivity contribution in [1.82, 2.24) is 0 Å². The highest BCUT2D eigenvalue weighted by Crippen LogP contribution is 2.29. The zero-order valence-electron chi connectivity index (χ0n) is 13.0. The van der Waals surface area contributed by atoms with Crippen LogP contribution in [0.2, 0.25) is 10.0 Å². The second-order valence-corrected chi connectivity index (χ2v) is 6.04. The van der Waals surface area contributed by atoms with Crippen LogP contribution in [-0.4, -0.2) is 23.6 Å². The minimum atomic E-state index is -1.17. The third kappa shape index (κ3) is 4.40. The van der Waals surface area contributed by atoms with Crippen LogP contribution in [0.25, 0.3) is 0 Å². The average molecular weight is 368 g/mol. The van der Waals surface area contributed by atoms with Gasteiger partial charge in [0.15, 0.2) is 6.61 Å². The first kappa shape index (κ1) is 18.1. The molecule has 2 rings (SSSR count). The van der Waals surface area contributed by atoms with Crippen LogP contribution in [0.15, 0.2) is 30.3 Å². The van der Waals surface area contributed by atoms with E-state index in [-0.39, 0.29) is 17.2 Å². The zero-order chi connectivity index (χ0) is 17.9. The third-order valence-corrected chi connectivity index (χ3v) is 3.81. The van der Waals surface area contributed by atoms with Crippen molar-refractivity contribution in [2.24, 2.45) is 0 Å². The van der Waals surface area contributed by atoms with E-state index in [0.29, 0.717) is 16.5 Å². The standard InChI is InChI=1S/C17H15Cl2NO4/c1-9-5-10(2)16(14(19)6-9)24-8-15(21)20-11-3-4-13(18)12(7-11)17(22)23/h3-7H,8H2,1-2H3,(H,20,21)(H,22,23). The highest BCUT2D eigenvalue weighted by Gasteiger charge is 2.12. The molecular weight excluding hydrogens is 353 g/mol. The number of rotatable bonds is 5. The number of carboxylic acid groups (broad SMARTS) is 1. The van der Waals surface area contributed by atoms with Crippen LogP contribution in [0.4, 0.5) is 5.69 Å². The molecular formula is C17H15Cl2NO4. The maximum atomic E-state index is 12.0. The molecule has 2 aromatic carbocycles. The van der Waals surface area contributed by atoms with E-state index in [2.05, 4.69) is 5.32 Å². The molecule has 2 aromatic rings. The molecule has 0 aromatic heterocycles. The van der Waals surface area contributed by atoms with E-state index in [0.717, 1.165) is 11.1 Å². The number of anilines is 1. The number of hydrogen-bond acceptors (Lipinski definition) is 3. The summed E-state index contributed by atoms with van der Waals surface area (Å²) >= 11 is 11.9. The van der Waals surface area contributed by atoms with Gasteiger partial charge in [-0.25, -0.2) is 4.79 Å². The fraction of sp³-hybridized carbons (Fsp3) is 0.176. The lowest BCUT2D eigenvalue weighted by Gasteiger charge is -2.12. The third-order valence-electron chi connectivity index (χ3n) is 3.20. The summed E-state index contributed by atoms with van der Waals surface area (Å²) in [5.41, 5.74) is 2.05. The number of carbonyl (C=O) groups excluding carboxylic acids is 1. The van der Waals surface area contributed by atoms with E-state index < -0.39 is 11.9 Å². The molecule has 0 bridgehead atoms. The summed E-state index contributed by atoms with van der Waals surface area (Å²) in [6, 6.07) is 7.85. The van der Waals surface area contributed by atoms with E-state index >= 15 is 0 Å². The molecule has 5 nitrogen and oxygen atoms in total. The van der Waals surface area contributed by atoms with Crippen LogP contribution < -0.4 is 10.1 Å². The first-order valence-electron chi connectivity index (χ1n) is 7.00. The van der Waals surface area contributed by atoms with Gasteiger partial charge in [0.2, 0.25) is 0 Å². The van der Waals surface area contributed by atoms with Crippen molar-refractivity contribution >= 4 is 40.8 Å². The zero-order valence-corrected chi connectivity index (χ0v) is 14.5. The summed E-state index contributed by atoms with van der Waals surface area (Å²) in [4.78, 5) is 23.0. The highest BCUT2D eigenvalue weighted by molar-refractivity contribution is 6.33. The molecule has 0 fully saturated rings. The van der Waals surface area contributed by atoms with Crippen molar-refractivity contribution in [2.75, 3.05) is 11.9 Å². The number of hydrogen-bond donors (Lipinski definition) is 2. The molecule has 126 valence electrons. The van der Waals surface area contributed by atoms with Crippen molar-refractivity contribution < 1.29 is 19.4 Å². The van der Waals surface area contributed by atoms with E-state index in [4.69, 9.17) is 33.0 Å². The van der Waals surface area contributed by atoms with Gasteiger partial charge in [-0.05, 0) is 49.2 Å². The number of carbonyl (C=O) groups is 2. The van der Waals surface area contributed by atoms with Crippen molar-refractivity contribution in [3.05, 3.63) is 57.1 Å². The van der Waals surface area contributed by atoms with Crippen LogP contribution >= 0.6 is 23.2 Å². The van der Waals surface area contributed by atoms with Crippen molar-refractivity contribution in [3.8, 4) is 5.75 Å². The highest BCUT2D eigenvalue weighted by atomic mass is 35.5. The Labute approximate surface area is 149 Å². The van der Waals surface area contributed by atoms with Crippen molar-refractivity contribution in [1.29, 1.82) is 0 Å². The normalized spacial score (nSPS) is 10.3. The minimum absolute atomic E-state index is 0.0900. The Bertz CT molecular complexity index is 782. The number of aryl methyl sites for hydroxylation is 2. The summed E-state index contributed by atoms with van der Waals surface area (Å²) < 4.78 is 5.47. The molecule has 0 saturated heterocycles. The van der Waals surface area contributed by atoms with E-state index in [9.17, 15) is 9.59 Å². The summed E-state index contributed by atoms with van der Waals surface area (Å²) in [5, 5.41) is 12.1. The van der Waals surface area contributed by atoms with E-state index in [1.807, 2.05) is 19.9 Å². The molecule has 1 amide bonds. The number of amides is 1. The Balaban J connectivity index is 2.04. The Morgan fingerprint density at radius 1 is 1.12 bits per heavy atom. The Kier molecular flexibility index (Phi) is 5.70. The predicted octanol–water partition coefficient (Wildman–Crippen LogP) is 4.33. The molecule has 0 spiro atoms. The number of halogens is 2. The number of benzene rings is 2. The molecule has 0 radical (unpaired) electrons. The quantitative estimate of drug-likeness (QED) is 0.824. The van der Waals surface area contributed by atoms with Crippen LogP contribution in [0.1, 0.15) is 21.5 Å². The molecule has 0 aliphatic heterocycles. The molecule has 0 saturated carbocycles. The second kappa shape index (κ2) is 7.55. The number of aromatic carboxylic acids is 1. The first-order chi connectivity index (χ1) is 11.3. The fourth-order valence-corrected chi connectivity index (χ4v) is 2.76. The smallest absolute Gasteiger partial charge is 0.337 e. The Morgan fingerprint density at radius 3 is 2.46 bits per heavy atom. The summed E-state index contributed by atoms with van der Waals surface area (Å²) in [7, 11) is 0. The van der Waals surface area contributed by atoms with Gasteiger partial charge in [-0.1, -0.05) is 29.3 Å². The Hall–Kier alpha value is -2.24. The van der Waals surface area contributed by atoms with Gasteiger partial charge in [0.05, 0.1) is 15.6 Å². The Morgan fingerprint density at radius 2 is 1.83 bits per heavy atom. The second-order valence-electron chi connectivity index (χ2n) is 5.23. The van der Waals surface area contributed by atoms with Crippen LogP contribution in [0.3, 0.4) is 0 Å². The van der Waals surface area contributed by atoms with Gasteiger partial charge in [-0.15, -0.1) is 0 Å². The van der Waals surface area contributed by atoms with Gasteiger partial charge in [-0.2, -0.15) is 0 Å². The first-order valence-corrected chi connectivity index (χ1v) is 7.75. The van der Waals surface area contributed by atoms with Crippen molar-refractivity contribution in [2.45, 2.75) is 13.8 Å². The van der Waals surface area contributed by atoms with Crippen LogP contribution in [0.5, 0.6) is 5.75 Å². The maximum Gasteiger partial charge on any atom is 0.337 e. The molecule has 0 heterocycles. The van der Waals surface area contributed by atoms with Gasteiger partial charge >= 0.3 is 5.97 Å². The van der Waals surface area contributed by atoms with Gasteiger partial charge in [0.25, 0.3) is 5.91 Å². The molecule has 24 heavy (non-hydrogen) atoms. The molecule has 0 aliphatic carbocycles. The molecule has 2 N–H and O–H groups in total. The number of ether oxygens (including phenoxy) is 1. The SMILES string of the molecule is Cc1cc(C)c(OCC(=O)Nc2ccc(Cl)c(C(=O)O)c2)c(Cl)c1. The maximum absolute atomic E-state index is 12.0. The molecule has 0 aliphatic rings. The summed E-state index contributed by atoms with van der Waals surface area (Å²) in [5.74, 6) is -1.17. The van der Waals surface area contributed by atoms with Crippen molar-refractivity contribution in [3.63, 3.8) is 0 Å². The van der Waals surface area contributed by atoms with E-state index in [1.54, 1.807) is 6.07 Å². The molecule has 0 unspecified atom stereocenters. The van der Waals surface area contributed by atoms with Gasteiger partial charge in [-0.3, -0.25) is 4.79 Å².